The summed E-state index contributed by atoms with van der Waals surface area (Å²) in [5.74, 6) is -0.0332. The van der Waals surface area contributed by atoms with Crippen molar-refractivity contribution in [1.82, 2.24) is 0 Å². The lowest BCUT2D eigenvalue weighted by molar-refractivity contribution is 0.408. The molecule has 21 heavy (non-hydrogen) atoms. The number of rotatable bonds is 5. The molecule has 0 aliphatic carbocycles. The van der Waals surface area contributed by atoms with Crippen molar-refractivity contribution in [3.63, 3.8) is 0 Å². The maximum Gasteiger partial charge on any atom is 0.186 e. The molecule has 0 radical (unpaired) electrons. The van der Waals surface area contributed by atoms with E-state index in [9.17, 15) is 12.8 Å². The summed E-state index contributed by atoms with van der Waals surface area (Å²) in [5.41, 5.74) is 6.17. The predicted octanol–water partition coefficient (Wildman–Crippen LogP) is 2.31. The number of hydrogen-bond donors (Lipinski definition) is 1. The topological polar surface area (TPSA) is 69.4 Å². The summed E-state index contributed by atoms with van der Waals surface area (Å²) in [6.07, 6.45) is 0. The van der Waals surface area contributed by atoms with E-state index in [1.165, 1.54) is 19.2 Å². The number of sulfone groups is 1. The molecule has 4 nitrogen and oxygen atoms in total. The molecular weight excluding hydrogens is 293 g/mol. The molecule has 0 aliphatic rings. The van der Waals surface area contributed by atoms with Crippen molar-refractivity contribution in [1.29, 1.82) is 0 Å². The van der Waals surface area contributed by atoms with Gasteiger partial charge in [-0.2, -0.15) is 0 Å². The lowest BCUT2D eigenvalue weighted by atomic mass is 10.1. The molecule has 1 atom stereocenters. The zero-order valence-corrected chi connectivity index (χ0v) is 12.3. The highest BCUT2D eigenvalue weighted by Crippen LogP contribution is 2.33. The smallest absolute Gasteiger partial charge is 0.186 e. The summed E-state index contributed by atoms with van der Waals surface area (Å²) in [7, 11) is -2.26. The van der Waals surface area contributed by atoms with Crippen molar-refractivity contribution >= 4 is 9.84 Å². The van der Waals surface area contributed by atoms with E-state index in [4.69, 9.17) is 10.5 Å². The van der Waals surface area contributed by atoms with Gasteiger partial charge in [-0.15, -0.1) is 0 Å². The minimum Gasteiger partial charge on any atom is -0.496 e. The summed E-state index contributed by atoms with van der Waals surface area (Å²) in [4.78, 5) is 0.0326. The third kappa shape index (κ3) is 3.06. The Balaban J connectivity index is 2.52. The summed E-state index contributed by atoms with van der Waals surface area (Å²) in [5, 5.41) is -0.945. The van der Waals surface area contributed by atoms with Crippen LogP contribution in [0.1, 0.15) is 10.8 Å². The first kappa shape index (κ1) is 15.5. The van der Waals surface area contributed by atoms with Crippen molar-refractivity contribution in [3.05, 3.63) is 59.9 Å². The van der Waals surface area contributed by atoms with Crippen LogP contribution in [-0.2, 0) is 9.84 Å². The van der Waals surface area contributed by atoms with Gasteiger partial charge in [0.15, 0.2) is 9.84 Å². The molecule has 0 saturated heterocycles. The van der Waals surface area contributed by atoms with E-state index in [2.05, 4.69) is 0 Å². The van der Waals surface area contributed by atoms with Crippen LogP contribution in [0.3, 0.4) is 0 Å². The fraction of sp³-hybridized carbons (Fsp3) is 0.200. The van der Waals surface area contributed by atoms with Gasteiger partial charge in [-0.05, 0) is 30.3 Å². The zero-order chi connectivity index (χ0) is 15.5. The Labute approximate surface area is 123 Å². The quantitative estimate of drug-likeness (QED) is 0.861. The second kappa shape index (κ2) is 6.24. The largest absolute Gasteiger partial charge is 0.496 e. The van der Waals surface area contributed by atoms with Gasteiger partial charge in [0, 0.05) is 12.1 Å². The van der Waals surface area contributed by atoms with Crippen LogP contribution in [0.4, 0.5) is 4.39 Å². The van der Waals surface area contributed by atoms with Crippen LogP contribution < -0.4 is 10.5 Å². The van der Waals surface area contributed by atoms with Gasteiger partial charge >= 0.3 is 0 Å². The molecule has 0 aliphatic heterocycles. The fourth-order valence-corrected chi connectivity index (χ4v) is 3.77. The first-order chi connectivity index (χ1) is 10.0. The average molecular weight is 309 g/mol. The Bertz CT molecular complexity index is 714. The summed E-state index contributed by atoms with van der Waals surface area (Å²) in [6.45, 7) is -0.0971. The van der Waals surface area contributed by atoms with Gasteiger partial charge in [-0.3, -0.25) is 0 Å². The Morgan fingerprint density at radius 2 is 1.76 bits per heavy atom. The maximum absolute atomic E-state index is 13.0. The molecule has 2 aromatic rings. The van der Waals surface area contributed by atoms with E-state index in [1.807, 2.05) is 0 Å². The fourth-order valence-electron chi connectivity index (χ4n) is 2.14. The van der Waals surface area contributed by atoms with Crippen LogP contribution in [0.25, 0.3) is 0 Å². The molecular formula is C15H16FNO3S. The summed E-state index contributed by atoms with van der Waals surface area (Å²) in [6, 6.07) is 11.5. The lowest BCUT2D eigenvalue weighted by Crippen LogP contribution is -2.22. The Morgan fingerprint density at radius 3 is 2.33 bits per heavy atom. The average Bonchev–Trinajstić information content (AvgIpc) is 2.48. The van der Waals surface area contributed by atoms with Crippen LogP contribution in [0.2, 0.25) is 0 Å². The predicted molar refractivity (Wildman–Crippen MR) is 78.4 cm³/mol. The highest BCUT2D eigenvalue weighted by molar-refractivity contribution is 7.91. The molecule has 2 aromatic carbocycles. The molecule has 0 fully saturated rings. The minimum atomic E-state index is -3.73. The molecule has 0 spiro atoms. The van der Waals surface area contributed by atoms with E-state index in [0.717, 1.165) is 12.1 Å². The Hall–Kier alpha value is -1.92. The first-order valence-electron chi connectivity index (χ1n) is 6.33. The number of methoxy groups -OCH3 is 1. The van der Waals surface area contributed by atoms with Crippen LogP contribution in [0.5, 0.6) is 5.75 Å². The molecule has 6 heteroatoms. The number of ether oxygens (including phenoxy) is 1. The maximum atomic E-state index is 13.0. The number of hydrogen-bond acceptors (Lipinski definition) is 4. The van der Waals surface area contributed by atoms with Gasteiger partial charge in [0.2, 0.25) is 0 Å². The first-order valence-corrected chi connectivity index (χ1v) is 7.87. The highest BCUT2D eigenvalue weighted by atomic mass is 32.2. The SMILES string of the molecule is COc1ccccc1[C@@H](CN)S(=O)(=O)c1ccc(F)cc1. The van der Waals surface area contributed by atoms with Gasteiger partial charge in [0.05, 0.1) is 12.0 Å². The van der Waals surface area contributed by atoms with Crippen molar-refractivity contribution in [2.45, 2.75) is 10.1 Å². The third-order valence-corrected chi connectivity index (χ3v) is 5.34. The summed E-state index contributed by atoms with van der Waals surface area (Å²) >= 11 is 0. The van der Waals surface area contributed by atoms with E-state index in [1.54, 1.807) is 24.3 Å². The standard InChI is InChI=1S/C15H16FNO3S/c1-20-14-5-3-2-4-13(14)15(10-17)21(18,19)12-8-6-11(16)7-9-12/h2-9,15H,10,17H2,1H3/t15-/m1/s1. The number of benzene rings is 2. The molecule has 2 rings (SSSR count). The molecule has 0 heterocycles. The number of para-hydroxylation sites is 1. The molecule has 2 N–H and O–H groups in total. The second-order valence-corrected chi connectivity index (χ2v) is 6.60. The molecule has 0 aromatic heterocycles. The zero-order valence-electron chi connectivity index (χ0n) is 11.5. The molecule has 112 valence electrons. The molecule has 0 saturated carbocycles. The van der Waals surface area contributed by atoms with Crippen molar-refractivity contribution in [2.75, 3.05) is 13.7 Å². The minimum absolute atomic E-state index is 0.0326. The van der Waals surface area contributed by atoms with E-state index >= 15 is 0 Å². The molecule has 0 bridgehead atoms. The lowest BCUT2D eigenvalue weighted by Gasteiger charge is -2.18. The van der Waals surface area contributed by atoms with Crippen LogP contribution in [-0.4, -0.2) is 22.1 Å². The Kier molecular flexibility index (Phi) is 4.59. The van der Waals surface area contributed by atoms with Crippen molar-refractivity contribution in [3.8, 4) is 5.75 Å². The van der Waals surface area contributed by atoms with Crippen molar-refractivity contribution < 1.29 is 17.5 Å². The summed E-state index contributed by atoms with van der Waals surface area (Å²) < 4.78 is 43.5. The number of nitrogens with two attached hydrogens (primary N) is 1. The van der Waals surface area contributed by atoms with Gasteiger partial charge < -0.3 is 10.5 Å². The van der Waals surface area contributed by atoms with Crippen molar-refractivity contribution in [2.24, 2.45) is 5.73 Å². The number of halogens is 1. The second-order valence-electron chi connectivity index (χ2n) is 4.47. The van der Waals surface area contributed by atoms with E-state index < -0.39 is 20.9 Å². The van der Waals surface area contributed by atoms with Crippen LogP contribution in [0, 0.1) is 5.82 Å². The van der Waals surface area contributed by atoms with Gasteiger partial charge in [0.25, 0.3) is 0 Å². The van der Waals surface area contributed by atoms with Gasteiger partial charge in [-0.25, -0.2) is 12.8 Å². The molecule has 0 amide bonds. The monoisotopic (exact) mass is 309 g/mol. The normalized spacial score (nSPS) is 12.9. The van der Waals surface area contributed by atoms with E-state index in [-0.39, 0.29) is 11.4 Å². The third-order valence-electron chi connectivity index (χ3n) is 3.22. The Morgan fingerprint density at radius 1 is 1.14 bits per heavy atom. The van der Waals surface area contributed by atoms with Crippen LogP contribution >= 0.6 is 0 Å². The van der Waals surface area contributed by atoms with Crippen LogP contribution in [0.15, 0.2) is 53.4 Å². The van der Waals surface area contributed by atoms with Gasteiger partial charge in [0.1, 0.15) is 16.8 Å². The van der Waals surface area contributed by atoms with Gasteiger partial charge in [-0.1, -0.05) is 18.2 Å². The molecule has 0 unspecified atom stereocenters. The highest BCUT2D eigenvalue weighted by Gasteiger charge is 2.30. The van der Waals surface area contributed by atoms with E-state index in [0.29, 0.717) is 11.3 Å².